The molecule has 236 valence electrons. The van der Waals surface area contributed by atoms with E-state index in [0.717, 1.165) is 11.6 Å². The Hall–Kier alpha value is -4.13. The highest BCUT2D eigenvalue weighted by Gasteiger charge is 2.52. The quantitative estimate of drug-likeness (QED) is 0.153. The van der Waals surface area contributed by atoms with Crippen molar-refractivity contribution >= 4 is 23.9 Å². The topological polar surface area (TPSA) is 241 Å². The van der Waals surface area contributed by atoms with Crippen LogP contribution in [0.1, 0.15) is 5.56 Å². The lowest BCUT2D eigenvalue weighted by atomic mass is 10.0. The molecule has 0 saturated carbocycles. The molecule has 3 heterocycles. The van der Waals surface area contributed by atoms with Crippen LogP contribution in [0.4, 0.5) is 0 Å². The molecule has 44 heavy (non-hydrogen) atoms. The molecule has 2 aromatic carbocycles. The summed E-state index contributed by atoms with van der Waals surface area (Å²) in [6, 6.07) is 10.6. The molecule has 3 aromatic rings. The molecule has 2 aliphatic rings. The Kier molecular flexibility index (Phi) is 9.14. The first kappa shape index (κ1) is 31.3. The van der Waals surface area contributed by atoms with Gasteiger partial charge in [0.1, 0.15) is 58.7 Å². The number of carbonyl (C=O) groups is 2. The average Bonchev–Trinajstić information content (AvgIpc) is 2.99. The summed E-state index contributed by atoms with van der Waals surface area (Å²) in [5.74, 6) is -0.578. The third-order valence-electron chi connectivity index (χ3n) is 7.07. The molecule has 10 atom stereocenters. The molecular formula is C28H28O16. The van der Waals surface area contributed by atoms with Crippen LogP contribution in [0.25, 0.3) is 22.3 Å². The Morgan fingerprint density at radius 2 is 1.34 bits per heavy atom. The third kappa shape index (κ3) is 6.10. The SMILES string of the molecule is Cc1ccc(-c2cc(=O)c3c(O)cc(O[C@@H]4OC(OC=O)[C@@H](O)[C@H](O)C4O[C@@H]4OC(OC=O)[C@@H](O)[C@H](O)C4O)cc3o2)cc1. The summed E-state index contributed by atoms with van der Waals surface area (Å²) < 4.78 is 37.2. The number of phenolic OH excluding ortho intramolecular Hbond substituents is 1. The van der Waals surface area contributed by atoms with Gasteiger partial charge < -0.3 is 58.7 Å². The van der Waals surface area contributed by atoms with E-state index in [1.165, 1.54) is 12.1 Å². The minimum Gasteiger partial charge on any atom is -0.507 e. The van der Waals surface area contributed by atoms with Gasteiger partial charge in [0.25, 0.3) is 12.9 Å². The Labute approximate surface area is 247 Å². The molecule has 2 fully saturated rings. The Morgan fingerprint density at radius 1 is 0.750 bits per heavy atom. The van der Waals surface area contributed by atoms with E-state index in [1.807, 2.05) is 19.1 Å². The molecular weight excluding hydrogens is 592 g/mol. The maximum atomic E-state index is 12.9. The fourth-order valence-electron chi connectivity index (χ4n) is 4.77. The van der Waals surface area contributed by atoms with Crippen molar-refractivity contribution in [1.29, 1.82) is 0 Å². The third-order valence-corrected chi connectivity index (χ3v) is 7.07. The molecule has 0 spiro atoms. The minimum absolute atomic E-state index is 0.0604. The first-order chi connectivity index (χ1) is 21.0. The zero-order valence-corrected chi connectivity index (χ0v) is 22.7. The lowest BCUT2D eigenvalue weighted by molar-refractivity contribution is -0.387. The average molecular weight is 621 g/mol. The molecule has 4 unspecified atom stereocenters. The fourth-order valence-corrected chi connectivity index (χ4v) is 4.77. The normalized spacial score (nSPS) is 32.1. The van der Waals surface area contributed by atoms with Crippen molar-refractivity contribution in [2.24, 2.45) is 0 Å². The van der Waals surface area contributed by atoms with Crippen LogP contribution < -0.4 is 10.2 Å². The molecule has 0 aliphatic carbocycles. The Balaban J connectivity index is 1.48. The van der Waals surface area contributed by atoms with Crippen molar-refractivity contribution in [3.05, 3.63) is 58.3 Å². The molecule has 16 nitrogen and oxygen atoms in total. The zero-order chi connectivity index (χ0) is 31.7. The number of benzene rings is 2. The molecule has 0 radical (unpaired) electrons. The lowest BCUT2D eigenvalue weighted by Gasteiger charge is -2.45. The number of hydrogen-bond acceptors (Lipinski definition) is 16. The number of hydrogen-bond donors (Lipinski definition) is 6. The molecule has 1 aromatic heterocycles. The predicted octanol–water partition coefficient (Wildman–Crippen LogP) is -1.25. The van der Waals surface area contributed by atoms with Crippen LogP contribution in [0.5, 0.6) is 11.5 Å². The number of carbonyl (C=O) groups excluding carboxylic acids is 2. The second kappa shape index (κ2) is 12.8. The molecule has 16 heteroatoms. The van der Waals surface area contributed by atoms with Gasteiger partial charge in [0.05, 0.1) is 0 Å². The monoisotopic (exact) mass is 620 g/mol. The summed E-state index contributed by atoms with van der Waals surface area (Å²) in [7, 11) is 0. The number of phenols is 1. The van der Waals surface area contributed by atoms with E-state index in [4.69, 9.17) is 23.4 Å². The van der Waals surface area contributed by atoms with Crippen LogP contribution in [0.15, 0.2) is 51.7 Å². The highest BCUT2D eigenvalue weighted by molar-refractivity contribution is 5.86. The maximum Gasteiger partial charge on any atom is 0.295 e. The first-order valence-corrected chi connectivity index (χ1v) is 13.1. The number of aliphatic hydroxyl groups excluding tert-OH is 5. The van der Waals surface area contributed by atoms with Crippen LogP contribution in [-0.2, 0) is 33.3 Å². The summed E-state index contributed by atoms with van der Waals surface area (Å²) in [6.07, 6.45) is -18.8. The van der Waals surface area contributed by atoms with Gasteiger partial charge in [-0.25, -0.2) is 0 Å². The molecule has 2 saturated heterocycles. The van der Waals surface area contributed by atoms with Crippen molar-refractivity contribution in [3.8, 4) is 22.8 Å². The highest BCUT2D eigenvalue weighted by Crippen LogP contribution is 2.35. The van der Waals surface area contributed by atoms with Gasteiger partial charge in [-0.05, 0) is 6.92 Å². The van der Waals surface area contributed by atoms with Crippen molar-refractivity contribution in [2.75, 3.05) is 0 Å². The van der Waals surface area contributed by atoms with E-state index in [0.29, 0.717) is 5.56 Å². The number of aromatic hydroxyl groups is 1. The Bertz CT molecular complexity index is 1540. The van der Waals surface area contributed by atoms with Crippen LogP contribution in [-0.4, -0.2) is 105 Å². The van der Waals surface area contributed by atoms with E-state index in [1.54, 1.807) is 12.1 Å². The van der Waals surface area contributed by atoms with Gasteiger partial charge >= 0.3 is 0 Å². The number of ether oxygens (including phenoxy) is 6. The van der Waals surface area contributed by atoms with Crippen LogP contribution in [0.2, 0.25) is 0 Å². The summed E-state index contributed by atoms with van der Waals surface area (Å²) in [4.78, 5) is 34.7. The smallest absolute Gasteiger partial charge is 0.295 e. The van der Waals surface area contributed by atoms with Crippen molar-refractivity contribution in [2.45, 2.75) is 68.7 Å². The van der Waals surface area contributed by atoms with E-state index >= 15 is 0 Å². The maximum absolute atomic E-state index is 12.9. The van der Waals surface area contributed by atoms with Crippen LogP contribution >= 0.6 is 0 Å². The second-order valence-electron chi connectivity index (χ2n) is 10.0. The van der Waals surface area contributed by atoms with E-state index < -0.39 is 73.0 Å². The van der Waals surface area contributed by atoms with Gasteiger partial charge in [-0.2, -0.15) is 0 Å². The van der Waals surface area contributed by atoms with Gasteiger partial charge in [-0.15, -0.1) is 0 Å². The summed E-state index contributed by atoms with van der Waals surface area (Å²) >= 11 is 0. The summed E-state index contributed by atoms with van der Waals surface area (Å²) in [5, 5.41) is 62.5. The van der Waals surface area contributed by atoms with E-state index in [2.05, 4.69) is 9.47 Å². The van der Waals surface area contributed by atoms with Crippen molar-refractivity contribution in [1.82, 2.24) is 0 Å². The van der Waals surface area contributed by atoms with Crippen LogP contribution in [0, 0.1) is 6.92 Å². The number of aryl methyl sites for hydroxylation is 1. The second-order valence-corrected chi connectivity index (χ2v) is 10.0. The van der Waals surface area contributed by atoms with Crippen LogP contribution in [0.3, 0.4) is 0 Å². The fraction of sp³-hybridized carbons (Fsp3) is 0.393. The standard InChI is InChI=1S/C28H28O16/c1-11-2-4-12(5-3-11)16-8-15(32)18-14(31)6-13(7-17(18)41-16)40-28-24(20(34)23(37)26(44-28)39-10-30)42-27-22(36)19(33)21(35)25(43-27)38-9-29/h2-10,19-28,31,33-37H,1H3/t19-,20-,21-,22?,23-,24?,25?,26?,27+,28+/m0/s1. The largest absolute Gasteiger partial charge is 0.507 e. The summed E-state index contributed by atoms with van der Waals surface area (Å²) in [6.45, 7) is 1.74. The first-order valence-electron chi connectivity index (χ1n) is 13.1. The zero-order valence-electron chi connectivity index (χ0n) is 22.7. The minimum atomic E-state index is -1.97. The van der Waals surface area contributed by atoms with Gasteiger partial charge in [-0.1, -0.05) is 29.8 Å². The number of rotatable bonds is 9. The van der Waals surface area contributed by atoms with Gasteiger partial charge in [-0.3, -0.25) is 19.1 Å². The molecule has 0 amide bonds. The summed E-state index contributed by atoms with van der Waals surface area (Å²) in [5.41, 5.74) is 0.887. The molecule has 2 aliphatic heterocycles. The van der Waals surface area contributed by atoms with E-state index in [9.17, 15) is 45.0 Å². The number of fused-ring (bicyclic) bond motifs is 1. The number of aliphatic hydroxyl groups is 5. The highest BCUT2D eigenvalue weighted by atomic mass is 16.8. The van der Waals surface area contributed by atoms with Gasteiger partial charge in [0, 0.05) is 23.8 Å². The lowest BCUT2D eigenvalue weighted by Crippen LogP contribution is -2.64. The predicted molar refractivity (Wildman–Crippen MR) is 141 cm³/mol. The molecule has 5 rings (SSSR count). The molecule has 6 N–H and O–H groups in total. The van der Waals surface area contributed by atoms with Gasteiger partial charge in [0.2, 0.25) is 18.9 Å². The Morgan fingerprint density at radius 3 is 1.98 bits per heavy atom. The van der Waals surface area contributed by atoms with Crippen molar-refractivity contribution < 1.29 is 73.1 Å². The van der Waals surface area contributed by atoms with E-state index in [-0.39, 0.29) is 35.4 Å². The van der Waals surface area contributed by atoms with Gasteiger partial charge in [0.15, 0.2) is 17.8 Å². The molecule has 0 bridgehead atoms. The van der Waals surface area contributed by atoms with Crippen molar-refractivity contribution in [3.63, 3.8) is 0 Å².